The molecule has 0 aliphatic carbocycles. The lowest BCUT2D eigenvalue weighted by atomic mass is 9.99. The second kappa shape index (κ2) is 7.28. The van der Waals surface area contributed by atoms with Crippen LogP contribution in [-0.4, -0.2) is 47.2 Å². The molecule has 2 heterocycles. The van der Waals surface area contributed by atoms with Crippen molar-refractivity contribution in [1.29, 1.82) is 0 Å². The Labute approximate surface area is 166 Å². The monoisotopic (exact) mass is 401 g/mol. The van der Waals surface area contributed by atoms with Crippen molar-refractivity contribution in [3.05, 3.63) is 64.7 Å². The molecule has 1 amide bonds. The average Bonchev–Trinajstić information content (AvgIpc) is 3.07. The molecule has 144 valence electrons. The SMILES string of the molecule is O=C(O)/C=C/C1Cc2cc(-c3ccc(C(=O)N4CC(F)C4)cc3)cc(Cl)c2O1. The van der Waals surface area contributed by atoms with Gasteiger partial charge in [-0.1, -0.05) is 23.7 Å². The van der Waals surface area contributed by atoms with Crippen LogP contribution in [-0.2, 0) is 11.2 Å². The number of aliphatic carboxylic acids is 1. The van der Waals surface area contributed by atoms with Crippen LogP contribution in [0.5, 0.6) is 5.75 Å². The van der Waals surface area contributed by atoms with Gasteiger partial charge >= 0.3 is 5.97 Å². The Morgan fingerprint density at radius 1 is 1.18 bits per heavy atom. The van der Waals surface area contributed by atoms with Crippen molar-refractivity contribution >= 4 is 23.5 Å². The van der Waals surface area contributed by atoms with Crippen LogP contribution in [0.15, 0.2) is 48.6 Å². The minimum absolute atomic E-state index is 0.151. The second-order valence-electron chi connectivity index (χ2n) is 6.89. The highest BCUT2D eigenvalue weighted by Gasteiger charge is 2.31. The quantitative estimate of drug-likeness (QED) is 0.792. The van der Waals surface area contributed by atoms with Gasteiger partial charge < -0.3 is 14.7 Å². The first-order valence-corrected chi connectivity index (χ1v) is 9.22. The van der Waals surface area contributed by atoms with Crippen LogP contribution < -0.4 is 4.74 Å². The summed E-state index contributed by atoms with van der Waals surface area (Å²) in [6.07, 6.45) is 1.80. The van der Waals surface area contributed by atoms with Gasteiger partial charge in [0.1, 0.15) is 18.0 Å². The van der Waals surface area contributed by atoms with Gasteiger partial charge in [0.25, 0.3) is 5.91 Å². The molecule has 1 atom stereocenters. The Kier molecular flexibility index (Phi) is 4.81. The fourth-order valence-corrected chi connectivity index (χ4v) is 3.67. The van der Waals surface area contributed by atoms with E-state index in [1.807, 2.05) is 18.2 Å². The number of alkyl halides is 1. The van der Waals surface area contributed by atoms with E-state index in [1.165, 1.54) is 11.0 Å². The summed E-state index contributed by atoms with van der Waals surface area (Å²) >= 11 is 6.35. The number of amides is 1. The third-order valence-electron chi connectivity index (χ3n) is 4.85. The molecule has 4 rings (SSSR count). The smallest absolute Gasteiger partial charge is 0.328 e. The fourth-order valence-electron chi connectivity index (χ4n) is 3.39. The molecule has 0 aromatic heterocycles. The van der Waals surface area contributed by atoms with Gasteiger partial charge in [0.05, 0.1) is 18.1 Å². The topological polar surface area (TPSA) is 66.8 Å². The molecular formula is C21H17ClFNO4. The number of hydrogen-bond acceptors (Lipinski definition) is 3. The van der Waals surface area contributed by atoms with E-state index in [1.54, 1.807) is 18.2 Å². The fraction of sp³-hybridized carbons (Fsp3) is 0.238. The lowest BCUT2D eigenvalue weighted by Gasteiger charge is -2.34. The van der Waals surface area contributed by atoms with Crippen LogP contribution in [0.3, 0.4) is 0 Å². The molecule has 0 radical (unpaired) electrons. The first-order valence-electron chi connectivity index (χ1n) is 8.84. The lowest BCUT2D eigenvalue weighted by molar-refractivity contribution is -0.131. The van der Waals surface area contributed by atoms with Crippen molar-refractivity contribution in [3.8, 4) is 16.9 Å². The minimum atomic E-state index is -1.03. The number of ether oxygens (including phenoxy) is 1. The molecular weight excluding hydrogens is 385 g/mol. The Hall–Kier alpha value is -2.86. The number of halogens is 2. The standard InChI is InChI=1S/C21H17ClFNO4/c22-18-9-14(7-15-8-17(28-20(15)18)5-6-19(25)26)12-1-3-13(4-2-12)21(27)24-10-16(23)11-24/h1-7,9,16-17H,8,10-11H2,(H,25,26)/b6-5+. The molecule has 1 saturated heterocycles. The number of nitrogens with zero attached hydrogens (tertiary/aromatic N) is 1. The average molecular weight is 402 g/mol. The van der Waals surface area contributed by atoms with E-state index in [2.05, 4.69) is 0 Å². The zero-order valence-corrected chi connectivity index (χ0v) is 15.5. The summed E-state index contributed by atoms with van der Waals surface area (Å²) in [6.45, 7) is 0.303. The van der Waals surface area contributed by atoms with Gasteiger partial charge in [-0.25, -0.2) is 9.18 Å². The molecule has 1 N–H and O–H groups in total. The molecule has 0 spiro atoms. The number of carbonyl (C=O) groups excluding carboxylic acids is 1. The lowest BCUT2D eigenvalue weighted by Crippen LogP contribution is -2.51. The van der Waals surface area contributed by atoms with E-state index in [4.69, 9.17) is 21.4 Å². The highest BCUT2D eigenvalue weighted by molar-refractivity contribution is 6.32. The third-order valence-corrected chi connectivity index (χ3v) is 5.13. The van der Waals surface area contributed by atoms with Crippen LogP contribution in [0, 0.1) is 0 Å². The van der Waals surface area contributed by atoms with E-state index >= 15 is 0 Å². The number of hydrogen-bond donors (Lipinski definition) is 1. The first-order chi connectivity index (χ1) is 13.4. The number of carboxylic acid groups (broad SMARTS) is 1. The third kappa shape index (κ3) is 3.60. The zero-order chi connectivity index (χ0) is 19.8. The van der Waals surface area contributed by atoms with Crippen molar-refractivity contribution in [2.24, 2.45) is 0 Å². The predicted molar refractivity (Wildman–Crippen MR) is 103 cm³/mol. The Morgan fingerprint density at radius 2 is 1.89 bits per heavy atom. The number of likely N-dealkylation sites (tertiary alicyclic amines) is 1. The van der Waals surface area contributed by atoms with Crippen molar-refractivity contribution < 1.29 is 23.8 Å². The van der Waals surface area contributed by atoms with Crippen molar-refractivity contribution in [3.63, 3.8) is 0 Å². The maximum absolute atomic E-state index is 12.9. The summed E-state index contributed by atoms with van der Waals surface area (Å²) in [5.74, 6) is -0.633. The highest BCUT2D eigenvalue weighted by atomic mass is 35.5. The van der Waals surface area contributed by atoms with Crippen LogP contribution in [0.25, 0.3) is 11.1 Å². The molecule has 1 unspecified atom stereocenters. The van der Waals surface area contributed by atoms with Gasteiger partial charge in [-0.2, -0.15) is 0 Å². The second-order valence-corrected chi connectivity index (χ2v) is 7.30. The largest absolute Gasteiger partial charge is 0.484 e. The van der Waals surface area contributed by atoms with Gasteiger partial charge in [-0.3, -0.25) is 4.79 Å². The van der Waals surface area contributed by atoms with E-state index in [-0.39, 0.29) is 25.1 Å². The van der Waals surface area contributed by atoms with E-state index in [0.717, 1.165) is 22.8 Å². The Bertz CT molecular complexity index is 967. The molecule has 28 heavy (non-hydrogen) atoms. The normalized spacial score (nSPS) is 18.6. The highest BCUT2D eigenvalue weighted by Crippen LogP contribution is 2.40. The number of carbonyl (C=O) groups is 2. The summed E-state index contributed by atoms with van der Waals surface area (Å²) < 4.78 is 18.7. The predicted octanol–water partition coefficient (Wildman–Crippen LogP) is 3.75. The Balaban J connectivity index is 1.53. The van der Waals surface area contributed by atoms with Gasteiger partial charge in [-0.15, -0.1) is 0 Å². The van der Waals surface area contributed by atoms with Gasteiger partial charge in [0.15, 0.2) is 0 Å². The van der Waals surface area contributed by atoms with E-state index in [9.17, 15) is 14.0 Å². The van der Waals surface area contributed by atoms with Crippen LogP contribution in [0.4, 0.5) is 4.39 Å². The molecule has 7 heteroatoms. The van der Waals surface area contributed by atoms with Gasteiger partial charge in [-0.05, 0) is 41.5 Å². The summed E-state index contributed by atoms with van der Waals surface area (Å²) in [4.78, 5) is 24.4. The van der Waals surface area contributed by atoms with Gasteiger partial charge in [0, 0.05) is 23.6 Å². The molecule has 2 aromatic rings. The molecule has 5 nitrogen and oxygen atoms in total. The number of fused-ring (bicyclic) bond motifs is 1. The summed E-state index contributed by atoms with van der Waals surface area (Å²) in [5.41, 5.74) is 3.18. The molecule has 2 aliphatic heterocycles. The minimum Gasteiger partial charge on any atom is -0.484 e. The van der Waals surface area contributed by atoms with E-state index in [0.29, 0.717) is 22.8 Å². The van der Waals surface area contributed by atoms with Crippen molar-refractivity contribution in [1.82, 2.24) is 4.90 Å². The summed E-state index contributed by atoms with van der Waals surface area (Å²) in [6, 6.07) is 10.8. The van der Waals surface area contributed by atoms with Crippen LogP contribution >= 0.6 is 11.6 Å². The first kappa shape index (κ1) is 18.5. The molecule has 0 saturated carbocycles. The Morgan fingerprint density at radius 3 is 2.54 bits per heavy atom. The molecule has 0 bridgehead atoms. The van der Waals surface area contributed by atoms with Gasteiger partial charge in [0.2, 0.25) is 0 Å². The summed E-state index contributed by atoms with van der Waals surface area (Å²) in [5, 5.41) is 9.20. The maximum atomic E-state index is 12.9. The molecule has 2 aromatic carbocycles. The van der Waals surface area contributed by atoms with Crippen LogP contribution in [0.2, 0.25) is 5.02 Å². The summed E-state index contributed by atoms with van der Waals surface area (Å²) in [7, 11) is 0. The van der Waals surface area contributed by atoms with E-state index < -0.39 is 12.1 Å². The number of benzene rings is 2. The number of rotatable bonds is 4. The zero-order valence-electron chi connectivity index (χ0n) is 14.8. The van der Waals surface area contributed by atoms with Crippen molar-refractivity contribution in [2.45, 2.75) is 18.7 Å². The van der Waals surface area contributed by atoms with Crippen LogP contribution in [0.1, 0.15) is 15.9 Å². The maximum Gasteiger partial charge on any atom is 0.328 e. The van der Waals surface area contributed by atoms with Crippen molar-refractivity contribution in [2.75, 3.05) is 13.1 Å². The molecule has 2 aliphatic rings. The molecule has 1 fully saturated rings. The number of carboxylic acids is 1.